The summed E-state index contributed by atoms with van der Waals surface area (Å²) in [4.78, 5) is 1.66. The Balaban J connectivity index is 1.74. The number of benzene rings is 2. The van der Waals surface area contributed by atoms with Gasteiger partial charge in [-0.2, -0.15) is 12.5 Å². The van der Waals surface area contributed by atoms with Crippen LogP contribution in [0.25, 0.3) is 10.9 Å². The molecule has 0 amide bonds. The van der Waals surface area contributed by atoms with Crippen molar-refractivity contribution in [3.8, 4) is 0 Å². The number of rotatable bonds is 3. The van der Waals surface area contributed by atoms with Crippen molar-refractivity contribution in [1.82, 2.24) is 9.19 Å². The van der Waals surface area contributed by atoms with Gasteiger partial charge in [-0.3, -0.25) is 0 Å². The first-order chi connectivity index (χ1) is 13.7. The molecule has 0 radical (unpaired) electrons. The van der Waals surface area contributed by atoms with Gasteiger partial charge in [-0.05, 0) is 44.0 Å². The zero-order chi connectivity index (χ0) is 20.6. The fraction of sp³-hybridized carbons (Fsp3) is 0.350. The SMILES string of the molecule is Cc1ccc(S(=O)(=O)n2nc(N3C4CCC3C(F)(F)C4)c3c(Cl)cccc32)cc1. The van der Waals surface area contributed by atoms with Crippen LogP contribution in [0, 0.1) is 6.92 Å². The van der Waals surface area contributed by atoms with Crippen molar-refractivity contribution in [1.29, 1.82) is 0 Å². The van der Waals surface area contributed by atoms with Crippen LogP contribution in [-0.2, 0) is 10.0 Å². The molecule has 5 nitrogen and oxygen atoms in total. The summed E-state index contributed by atoms with van der Waals surface area (Å²) in [6.07, 6.45) is 0.728. The molecule has 0 spiro atoms. The largest absolute Gasteiger partial charge is 0.342 e. The van der Waals surface area contributed by atoms with Gasteiger partial charge >= 0.3 is 0 Å². The van der Waals surface area contributed by atoms with Crippen LogP contribution >= 0.6 is 11.6 Å². The van der Waals surface area contributed by atoms with E-state index in [0.717, 1.165) is 9.65 Å². The van der Waals surface area contributed by atoms with Crippen LogP contribution < -0.4 is 4.90 Å². The first-order valence-electron chi connectivity index (χ1n) is 9.36. The van der Waals surface area contributed by atoms with Gasteiger partial charge in [0, 0.05) is 12.5 Å². The molecule has 2 bridgehead atoms. The Bertz CT molecular complexity index is 1220. The molecular formula is C20H18ClF2N3O2S. The molecule has 2 aromatic carbocycles. The highest BCUT2D eigenvalue weighted by Gasteiger charge is 2.58. The molecule has 152 valence electrons. The summed E-state index contributed by atoms with van der Waals surface area (Å²) >= 11 is 6.40. The Hall–Kier alpha value is -2.19. The standard InChI is InChI=1S/C20H18ClF2N3O2S/c1-12-5-8-14(9-6-12)29(27,28)26-16-4-2-3-15(21)18(16)19(24-26)25-13-7-10-17(25)20(22,23)11-13/h2-6,8-9,13,17H,7,10-11H2,1H3. The Labute approximate surface area is 171 Å². The molecule has 5 rings (SSSR count). The van der Waals surface area contributed by atoms with E-state index in [-0.39, 0.29) is 33.7 Å². The summed E-state index contributed by atoms with van der Waals surface area (Å²) in [6.45, 7) is 1.86. The molecule has 29 heavy (non-hydrogen) atoms. The van der Waals surface area contributed by atoms with Crippen LogP contribution in [0.3, 0.4) is 0 Å². The lowest BCUT2D eigenvalue weighted by molar-refractivity contribution is -0.0197. The molecule has 2 saturated heterocycles. The lowest BCUT2D eigenvalue weighted by Gasteiger charge is -2.23. The second-order valence-electron chi connectivity index (χ2n) is 7.74. The number of alkyl halides is 2. The van der Waals surface area contributed by atoms with Crippen molar-refractivity contribution in [3.05, 3.63) is 53.1 Å². The van der Waals surface area contributed by atoms with E-state index in [1.807, 2.05) is 6.92 Å². The van der Waals surface area contributed by atoms with Gasteiger partial charge in [-0.15, -0.1) is 5.10 Å². The lowest BCUT2D eigenvalue weighted by atomic mass is 9.97. The maximum absolute atomic E-state index is 14.4. The predicted molar refractivity (Wildman–Crippen MR) is 107 cm³/mol. The molecule has 2 fully saturated rings. The summed E-state index contributed by atoms with van der Waals surface area (Å²) in [7, 11) is -4.02. The van der Waals surface area contributed by atoms with Crippen LogP contribution in [0.4, 0.5) is 14.6 Å². The lowest BCUT2D eigenvalue weighted by Crippen LogP contribution is -2.36. The zero-order valence-corrected chi connectivity index (χ0v) is 17.1. The normalized spacial score (nSPS) is 23.2. The fourth-order valence-corrected chi connectivity index (χ4v) is 6.06. The van der Waals surface area contributed by atoms with E-state index < -0.39 is 22.0 Å². The number of hydrogen-bond donors (Lipinski definition) is 0. The second-order valence-corrected chi connectivity index (χ2v) is 9.91. The number of aromatic nitrogens is 2. The van der Waals surface area contributed by atoms with Gasteiger partial charge in [0.15, 0.2) is 5.82 Å². The molecule has 2 aliphatic heterocycles. The number of anilines is 1. The second kappa shape index (κ2) is 6.15. The van der Waals surface area contributed by atoms with Crippen LogP contribution in [-0.4, -0.2) is 35.6 Å². The van der Waals surface area contributed by atoms with Crippen molar-refractivity contribution in [2.24, 2.45) is 0 Å². The Morgan fingerprint density at radius 2 is 1.86 bits per heavy atom. The molecule has 3 heterocycles. The molecule has 3 aromatic rings. The molecule has 1 aromatic heterocycles. The first-order valence-corrected chi connectivity index (χ1v) is 11.2. The van der Waals surface area contributed by atoms with E-state index in [2.05, 4.69) is 5.10 Å². The summed E-state index contributed by atoms with van der Waals surface area (Å²) in [6, 6.07) is 9.91. The Kier molecular flexibility index (Phi) is 3.99. The number of halogens is 3. The maximum Gasteiger partial charge on any atom is 0.283 e. The molecule has 0 N–H and O–H groups in total. The third kappa shape index (κ3) is 2.69. The van der Waals surface area contributed by atoms with Crippen LogP contribution in [0.15, 0.2) is 47.4 Å². The highest BCUT2D eigenvalue weighted by molar-refractivity contribution is 7.90. The van der Waals surface area contributed by atoms with Gasteiger partial charge in [0.05, 0.1) is 26.9 Å². The predicted octanol–water partition coefficient (Wildman–Crippen LogP) is 4.61. The van der Waals surface area contributed by atoms with E-state index in [9.17, 15) is 17.2 Å². The average molecular weight is 438 g/mol. The minimum absolute atomic E-state index is 0.0775. The summed E-state index contributed by atoms with van der Waals surface area (Å²) in [5.41, 5.74) is 1.21. The van der Waals surface area contributed by atoms with Gasteiger partial charge < -0.3 is 4.90 Å². The molecule has 2 atom stereocenters. The van der Waals surface area contributed by atoms with Gasteiger partial charge in [-0.25, -0.2) is 8.78 Å². The van der Waals surface area contributed by atoms with Crippen molar-refractivity contribution in [2.45, 2.75) is 49.1 Å². The quantitative estimate of drug-likeness (QED) is 0.600. The van der Waals surface area contributed by atoms with Crippen LogP contribution in [0.5, 0.6) is 0 Å². The monoisotopic (exact) mass is 437 g/mol. The van der Waals surface area contributed by atoms with E-state index in [4.69, 9.17) is 11.6 Å². The third-order valence-corrected chi connectivity index (χ3v) is 7.81. The van der Waals surface area contributed by atoms with E-state index >= 15 is 0 Å². The third-order valence-electron chi connectivity index (χ3n) is 5.90. The Morgan fingerprint density at radius 3 is 2.48 bits per heavy atom. The van der Waals surface area contributed by atoms with Gasteiger partial charge in [-0.1, -0.05) is 35.4 Å². The van der Waals surface area contributed by atoms with Gasteiger partial charge in [0.2, 0.25) is 0 Å². The summed E-state index contributed by atoms with van der Waals surface area (Å²) in [5, 5.41) is 5.02. The van der Waals surface area contributed by atoms with E-state index in [0.29, 0.717) is 18.2 Å². The topological polar surface area (TPSA) is 55.2 Å². The van der Waals surface area contributed by atoms with E-state index in [1.165, 1.54) is 12.1 Å². The van der Waals surface area contributed by atoms with Crippen molar-refractivity contribution in [3.63, 3.8) is 0 Å². The van der Waals surface area contributed by atoms with Crippen molar-refractivity contribution >= 4 is 38.3 Å². The minimum Gasteiger partial charge on any atom is -0.342 e. The zero-order valence-electron chi connectivity index (χ0n) is 15.5. The highest BCUT2D eigenvalue weighted by Crippen LogP contribution is 2.51. The van der Waals surface area contributed by atoms with Crippen molar-refractivity contribution in [2.75, 3.05) is 4.90 Å². The summed E-state index contributed by atoms with van der Waals surface area (Å²) in [5.74, 6) is -2.61. The smallest absolute Gasteiger partial charge is 0.283 e. The van der Waals surface area contributed by atoms with E-state index in [1.54, 1.807) is 35.2 Å². The molecule has 9 heteroatoms. The molecule has 2 unspecified atom stereocenters. The Morgan fingerprint density at radius 1 is 1.14 bits per heavy atom. The van der Waals surface area contributed by atoms with Gasteiger partial charge in [0.25, 0.3) is 15.9 Å². The number of aryl methyl sites for hydroxylation is 1. The van der Waals surface area contributed by atoms with Gasteiger partial charge in [0.1, 0.15) is 0 Å². The van der Waals surface area contributed by atoms with Crippen molar-refractivity contribution < 1.29 is 17.2 Å². The number of hydrogen-bond acceptors (Lipinski definition) is 4. The van der Waals surface area contributed by atoms with Crippen LogP contribution in [0.1, 0.15) is 24.8 Å². The first kappa shape index (κ1) is 18.8. The minimum atomic E-state index is -4.02. The average Bonchev–Trinajstić information content (AvgIpc) is 3.30. The molecule has 0 saturated carbocycles. The summed E-state index contributed by atoms with van der Waals surface area (Å²) < 4.78 is 56.3. The highest BCUT2D eigenvalue weighted by atomic mass is 35.5. The van der Waals surface area contributed by atoms with Crippen LogP contribution in [0.2, 0.25) is 5.02 Å². The molecular weight excluding hydrogens is 420 g/mol. The number of fused-ring (bicyclic) bond motifs is 3. The fourth-order valence-electron chi connectivity index (χ4n) is 4.53. The number of nitrogens with zero attached hydrogens (tertiary/aromatic N) is 3. The molecule has 0 aliphatic carbocycles. The maximum atomic E-state index is 14.4. The molecule has 2 aliphatic rings.